The quantitative estimate of drug-likeness (QED) is 0.234. The van der Waals surface area contributed by atoms with Gasteiger partial charge in [0.05, 0.1) is 51.8 Å². The molecule has 0 saturated carbocycles. The molecule has 2 rings (SSSR count). The fourth-order valence-electron chi connectivity index (χ4n) is 1.61. The highest BCUT2D eigenvalue weighted by molar-refractivity contribution is 4.68. The minimum absolute atomic E-state index is 0.217. The zero-order valence-electron chi connectivity index (χ0n) is 12.5. The van der Waals surface area contributed by atoms with Gasteiger partial charge < -0.3 is 33.2 Å². The molecule has 0 aromatic rings. The molecular formula is C14H26O7. The topological polar surface area (TPSA) is 71.2 Å². The number of rotatable bonds is 16. The molecule has 2 aliphatic rings. The van der Waals surface area contributed by atoms with Crippen LogP contribution >= 0.6 is 0 Å². The lowest BCUT2D eigenvalue weighted by Crippen LogP contribution is -2.12. The van der Waals surface area contributed by atoms with E-state index in [0.717, 1.165) is 39.3 Å². The van der Waals surface area contributed by atoms with Crippen molar-refractivity contribution in [2.45, 2.75) is 25.0 Å². The third-order valence-electron chi connectivity index (χ3n) is 3.05. The number of epoxide rings is 2. The average Bonchev–Trinajstić information content (AvgIpc) is 3.37. The number of ether oxygens (including phenoxy) is 7. The van der Waals surface area contributed by atoms with Crippen LogP contribution in [0.25, 0.3) is 0 Å². The largest absolute Gasteiger partial charge is 0.379 e. The lowest BCUT2D eigenvalue weighted by molar-refractivity contribution is -0.141. The van der Waals surface area contributed by atoms with E-state index in [4.69, 9.17) is 33.2 Å². The van der Waals surface area contributed by atoms with Crippen LogP contribution in [0, 0.1) is 0 Å². The zero-order chi connectivity index (χ0) is 14.6. The summed E-state index contributed by atoms with van der Waals surface area (Å²) in [6.45, 7) is 5.86. The predicted octanol–water partition coefficient (Wildman–Crippen LogP) is 0.562. The van der Waals surface area contributed by atoms with Crippen LogP contribution in [0.4, 0.5) is 0 Å². The van der Waals surface area contributed by atoms with Crippen molar-refractivity contribution in [3.63, 3.8) is 0 Å². The first-order valence-corrected chi connectivity index (χ1v) is 7.57. The highest BCUT2D eigenvalue weighted by Crippen LogP contribution is 2.13. The van der Waals surface area contributed by atoms with Crippen LogP contribution in [0.3, 0.4) is 0 Å². The highest BCUT2D eigenvalue weighted by atomic mass is 16.7. The van der Waals surface area contributed by atoms with Gasteiger partial charge in [-0.25, -0.2) is 0 Å². The molecule has 2 aliphatic heterocycles. The zero-order valence-corrected chi connectivity index (χ0v) is 12.5. The molecule has 2 unspecified atom stereocenters. The van der Waals surface area contributed by atoms with Gasteiger partial charge in [0.15, 0.2) is 0 Å². The Morgan fingerprint density at radius 3 is 1.43 bits per heavy atom. The molecule has 0 spiro atoms. The third kappa shape index (κ3) is 11.0. The van der Waals surface area contributed by atoms with Crippen LogP contribution in [0.1, 0.15) is 12.8 Å². The smallest absolute Gasteiger partial charge is 0.149 e. The second-order valence-electron chi connectivity index (χ2n) is 4.97. The molecule has 2 heterocycles. The van der Waals surface area contributed by atoms with E-state index in [1.54, 1.807) is 0 Å². The number of hydrogen-bond acceptors (Lipinski definition) is 7. The molecule has 0 aromatic carbocycles. The van der Waals surface area contributed by atoms with Crippen molar-refractivity contribution in [1.29, 1.82) is 0 Å². The summed E-state index contributed by atoms with van der Waals surface area (Å²) in [6, 6.07) is 0. The molecule has 2 atom stereocenters. The standard InChI is InChI=1S/C14H26O7/c1(13-9-20-13)3-15-5-7-17-11-19-12-18-8-6-16-4-2-14-10-21-14/h13-14H,1-12H2. The van der Waals surface area contributed by atoms with Crippen LogP contribution in [0.2, 0.25) is 0 Å². The molecular weight excluding hydrogens is 280 g/mol. The van der Waals surface area contributed by atoms with E-state index < -0.39 is 0 Å². The second-order valence-corrected chi connectivity index (χ2v) is 4.97. The summed E-state index contributed by atoms with van der Waals surface area (Å²) in [7, 11) is 0. The summed E-state index contributed by atoms with van der Waals surface area (Å²) in [5, 5.41) is 0. The first kappa shape index (κ1) is 17.1. The summed E-state index contributed by atoms with van der Waals surface area (Å²) in [5.74, 6) is 0. The Morgan fingerprint density at radius 2 is 1.00 bits per heavy atom. The molecule has 7 nitrogen and oxygen atoms in total. The summed E-state index contributed by atoms with van der Waals surface area (Å²) in [5.41, 5.74) is 0. The van der Waals surface area contributed by atoms with Gasteiger partial charge in [-0.15, -0.1) is 0 Å². The molecule has 2 saturated heterocycles. The van der Waals surface area contributed by atoms with E-state index in [0.29, 0.717) is 38.6 Å². The third-order valence-corrected chi connectivity index (χ3v) is 3.05. The van der Waals surface area contributed by atoms with Crippen molar-refractivity contribution >= 4 is 0 Å². The first-order chi connectivity index (χ1) is 10.4. The fourth-order valence-corrected chi connectivity index (χ4v) is 1.61. The van der Waals surface area contributed by atoms with E-state index in [2.05, 4.69) is 0 Å². The Hall–Kier alpha value is -0.280. The minimum atomic E-state index is 0.217. The molecule has 2 fully saturated rings. The van der Waals surface area contributed by atoms with E-state index in [1.165, 1.54) is 0 Å². The summed E-state index contributed by atoms with van der Waals surface area (Å²) < 4.78 is 36.5. The van der Waals surface area contributed by atoms with Crippen LogP contribution in [0.15, 0.2) is 0 Å². The SMILES string of the molecule is C(COCOCOCCOCCC1CO1)OCCC1CO1. The summed E-state index contributed by atoms with van der Waals surface area (Å²) in [6.07, 6.45) is 2.80. The monoisotopic (exact) mass is 306 g/mol. The molecule has 0 bridgehead atoms. The Labute approximate surface area is 125 Å². The van der Waals surface area contributed by atoms with E-state index in [-0.39, 0.29) is 13.6 Å². The van der Waals surface area contributed by atoms with Crippen molar-refractivity contribution in [2.24, 2.45) is 0 Å². The summed E-state index contributed by atoms with van der Waals surface area (Å²) >= 11 is 0. The normalized spacial score (nSPS) is 23.4. The minimum Gasteiger partial charge on any atom is -0.379 e. The van der Waals surface area contributed by atoms with E-state index in [9.17, 15) is 0 Å². The van der Waals surface area contributed by atoms with Crippen LogP contribution in [-0.4, -0.2) is 78.6 Å². The molecule has 21 heavy (non-hydrogen) atoms. The maximum absolute atomic E-state index is 5.37. The Bertz CT molecular complexity index is 219. The molecule has 0 aliphatic carbocycles. The van der Waals surface area contributed by atoms with Gasteiger partial charge in [-0.3, -0.25) is 0 Å². The Balaban J connectivity index is 1.16. The molecule has 0 N–H and O–H groups in total. The highest BCUT2D eigenvalue weighted by Gasteiger charge is 2.21. The van der Waals surface area contributed by atoms with Crippen LogP contribution < -0.4 is 0 Å². The van der Waals surface area contributed by atoms with Crippen molar-refractivity contribution in [2.75, 3.05) is 66.4 Å². The van der Waals surface area contributed by atoms with Crippen LogP contribution in [-0.2, 0) is 33.2 Å². The van der Waals surface area contributed by atoms with Gasteiger partial charge in [0.1, 0.15) is 13.6 Å². The molecule has 0 aromatic heterocycles. The lowest BCUT2D eigenvalue weighted by Gasteiger charge is -2.07. The maximum Gasteiger partial charge on any atom is 0.149 e. The van der Waals surface area contributed by atoms with Gasteiger partial charge in [0.25, 0.3) is 0 Å². The van der Waals surface area contributed by atoms with E-state index >= 15 is 0 Å². The van der Waals surface area contributed by atoms with Gasteiger partial charge in [-0.1, -0.05) is 0 Å². The van der Waals surface area contributed by atoms with Gasteiger partial charge in [0, 0.05) is 13.2 Å². The van der Waals surface area contributed by atoms with Crippen molar-refractivity contribution < 1.29 is 33.2 Å². The van der Waals surface area contributed by atoms with Gasteiger partial charge in [0.2, 0.25) is 0 Å². The lowest BCUT2D eigenvalue weighted by atomic mass is 10.3. The fraction of sp³-hybridized carbons (Fsp3) is 1.00. The van der Waals surface area contributed by atoms with Crippen molar-refractivity contribution in [1.82, 2.24) is 0 Å². The molecule has 124 valence electrons. The van der Waals surface area contributed by atoms with E-state index in [1.807, 2.05) is 0 Å². The van der Waals surface area contributed by atoms with Crippen molar-refractivity contribution in [3.8, 4) is 0 Å². The van der Waals surface area contributed by atoms with Gasteiger partial charge in [-0.05, 0) is 12.8 Å². The number of hydrogen-bond donors (Lipinski definition) is 0. The molecule has 0 radical (unpaired) electrons. The Kier molecular flexibility index (Phi) is 9.20. The molecule has 7 heteroatoms. The first-order valence-electron chi connectivity index (χ1n) is 7.57. The van der Waals surface area contributed by atoms with Gasteiger partial charge in [-0.2, -0.15) is 0 Å². The Morgan fingerprint density at radius 1 is 0.571 bits per heavy atom. The average molecular weight is 306 g/mol. The molecule has 0 amide bonds. The summed E-state index contributed by atoms with van der Waals surface area (Å²) in [4.78, 5) is 0. The maximum atomic E-state index is 5.37. The van der Waals surface area contributed by atoms with Gasteiger partial charge >= 0.3 is 0 Å². The van der Waals surface area contributed by atoms with Crippen molar-refractivity contribution in [3.05, 3.63) is 0 Å². The van der Waals surface area contributed by atoms with Crippen LogP contribution in [0.5, 0.6) is 0 Å². The predicted molar refractivity (Wildman–Crippen MR) is 73.1 cm³/mol. The second kappa shape index (κ2) is 11.3.